The SMILES string of the molecule is Fc1cc(C(F)F)cc(F)c1C(F)(F)F. The van der Waals surface area contributed by atoms with Crippen molar-refractivity contribution in [1.29, 1.82) is 0 Å². The highest BCUT2D eigenvalue weighted by molar-refractivity contribution is 5.28. The van der Waals surface area contributed by atoms with Gasteiger partial charge in [-0.1, -0.05) is 0 Å². The van der Waals surface area contributed by atoms with Crippen LogP contribution in [0.4, 0.5) is 30.7 Å². The first kappa shape index (κ1) is 11.8. The summed E-state index contributed by atoms with van der Waals surface area (Å²) in [6.07, 6.45) is -8.47. The highest BCUT2D eigenvalue weighted by Gasteiger charge is 2.38. The van der Waals surface area contributed by atoms with Gasteiger partial charge in [-0.3, -0.25) is 0 Å². The van der Waals surface area contributed by atoms with E-state index < -0.39 is 35.4 Å². The summed E-state index contributed by atoms with van der Waals surface area (Å²) in [7, 11) is 0. The van der Waals surface area contributed by atoms with E-state index in [1.807, 2.05) is 0 Å². The maximum Gasteiger partial charge on any atom is 0.422 e. The van der Waals surface area contributed by atoms with Gasteiger partial charge in [0.05, 0.1) is 0 Å². The molecule has 0 aromatic heterocycles. The summed E-state index contributed by atoms with van der Waals surface area (Å²) in [6.45, 7) is 0. The van der Waals surface area contributed by atoms with Crippen LogP contribution in [0, 0.1) is 11.6 Å². The molecule has 0 unspecified atom stereocenters. The second-order valence-corrected chi connectivity index (χ2v) is 2.66. The molecule has 0 fully saturated rings. The van der Waals surface area contributed by atoms with Gasteiger partial charge in [-0.05, 0) is 12.1 Å². The van der Waals surface area contributed by atoms with E-state index in [0.29, 0.717) is 0 Å². The Kier molecular flexibility index (Phi) is 2.92. The zero-order valence-electron chi connectivity index (χ0n) is 6.88. The van der Waals surface area contributed by atoms with Gasteiger partial charge in [0.1, 0.15) is 17.2 Å². The molecule has 0 saturated carbocycles. The molecule has 0 saturated heterocycles. The van der Waals surface area contributed by atoms with E-state index in [9.17, 15) is 30.7 Å². The Morgan fingerprint density at radius 1 is 0.933 bits per heavy atom. The maximum absolute atomic E-state index is 12.7. The summed E-state index contributed by atoms with van der Waals surface area (Å²) >= 11 is 0. The third kappa shape index (κ3) is 2.40. The van der Waals surface area contributed by atoms with E-state index in [-0.39, 0.29) is 12.1 Å². The molecule has 0 aliphatic rings. The van der Waals surface area contributed by atoms with E-state index in [1.165, 1.54) is 0 Å². The van der Waals surface area contributed by atoms with Gasteiger partial charge in [-0.25, -0.2) is 17.6 Å². The third-order valence-corrected chi connectivity index (χ3v) is 1.60. The van der Waals surface area contributed by atoms with E-state index >= 15 is 0 Å². The molecule has 0 nitrogen and oxygen atoms in total. The molecule has 0 aliphatic carbocycles. The van der Waals surface area contributed by atoms with Crippen molar-refractivity contribution in [3.63, 3.8) is 0 Å². The number of hydrogen-bond donors (Lipinski definition) is 0. The van der Waals surface area contributed by atoms with Crippen LogP contribution in [0.1, 0.15) is 17.6 Å². The summed E-state index contributed by atoms with van der Waals surface area (Å²) in [5.41, 5.74) is -3.29. The van der Waals surface area contributed by atoms with Crippen molar-refractivity contribution in [1.82, 2.24) is 0 Å². The first-order chi connectivity index (χ1) is 6.73. The van der Waals surface area contributed by atoms with Gasteiger partial charge in [0.25, 0.3) is 6.43 Å². The quantitative estimate of drug-likeness (QED) is 0.643. The van der Waals surface area contributed by atoms with Crippen molar-refractivity contribution in [3.8, 4) is 0 Å². The molecule has 0 atom stereocenters. The Bertz CT molecular complexity index is 343. The minimum Gasteiger partial charge on any atom is -0.206 e. The number of halogens is 7. The highest BCUT2D eigenvalue weighted by Crippen LogP contribution is 2.35. The Hall–Kier alpha value is -1.27. The number of hydrogen-bond acceptors (Lipinski definition) is 0. The van der Waals surface area contributed by atoms with Crippen LogP contribution in [0.2, 0.25) is 0 Å². The Labute approximate surface area is 79.3 Å². The standard InChI is InChI=1S/C8H3F7/c9-4-1-3(7(11)12)2-5(10)6(4)8(13,14)15/h1-2,7H. The summed E-state index contributed by atoms with van der Waals surface area (Å²) in [6, 6.07) is -0.0624. The van der Waals surface area contributed by atoms with Gasteiger partial charge in [-0.2, -0.15) is 13.2 Å². The smallest absolute Gasteiger partial charge is 0.206 e. The largest absolute Gasteiger partial charge is 0.422 e. The zero-order chi connectivity index (χ0) is 11.8. The molecule has 1 aromatic rings. The molecule has 0 radical (unpaired) electrons. The Balaban J connectivity index is 3.34. The second-order valence-electron chi connectivity index (χ2n) is 2.66. The molecule has 0 spiro atoms. The minimum absolute atomic E-state index is 0.0312. The normalized spacial score (nSPS) is 12.3. The van der Waals surface area contributed by atoms with Crippen molar-refractivity contribution in [2.24, 2.45) is 0 Å². The Morgan fingerprint density at radius 2 is 1.33 bits per heavy atom. The summed E-state index contributed by atoms with van der Waals surface area (Å²) in [5.74, 6) is -4.09. The molecular weight excluding hydrogens is 229 g/mol. The van der Waals surface area contributed by atoms with Crippen molar-refractivity contribution in [2.75, 3.05) is 0 Å². The van der Waals surface area contributed by atoms with Crippen molar-refractivity contribution in [2.45, 2.75) is 12.6 Å². The molecule has 0 amide bonds. The summed E-state index contributed by atoms with van der Waals surface area (Å²) in [5, 5.41) is 0. The van der Waals surface area contributed by atoms with Crippen LogP contribution in [-0.2, 0) is 6.18 Å². The van der Waals surface area contributed by atoms with Crippen LogP contribution in [-0.4, -0.2) is 0 Å². The second kappa shape index (κ2) is 3.71. The molecule has 1 aromatic carbocycles. The predicted molar refractivity (Wildman–Crippen MR) is 36.3 cm³/mol. The lowest BCUT2D eigenvalue weighted by molar-refractivity contribution is -0.142. The fourth-order valence-electron chi connectivity index (χ4n) is 0.990. The van der Waals surface area contributed by atoms with Crippen LogP contribution < -0.4 is 0 Å². The lowest BCUT2D eigenvalue weighted by Crippen LogP contribution is -2.12. The summed E-state index contributed by atoms with van der Waals surface area (Å²) < 4.78 is 85.2. The van der Waals surface area contributed by atoms with E-state index in [1.54, 1.807) is 0 Å². The molecule has 1 rings (SSSR count). The molecule has 84 valence electrons. The first-order valence-corrected chi connectivity index (χ1v) is 3.57. The number of benzene rings is 1. The fraction of sp³-hybridized carbons (Fsp3) is 0.250. The topological polar surface area (TPSA) is 0 Å². The molecule has 0 bridgehead atoms. The minimum atomic E-state index is -5.24. The molecule has 15 heavy (non-hydrogen) atoms. The molecule has 0 heterocycles. The molecule has 0 N–H and O–H groups in total. The third-order valence-electron chi connectivity index (χ3n) is 1.60. The average Bonchev–Trinajstić information content (AvgIpc) is 1.99. The summed E-state index contributed by atoms with van der Waals surface area (Å²) in [4.78, 5) is 0. The highest BCUT2D eigenvalue weighted by atomic mass is 19.4. The average molecular weight is 232 g/mol. The maximum atomic E-state index is 12.7. The Morgan fingerprint density at radius 3 is 1.60 bits per heavy atom. The zero-order valence-corrected chi connectivity index (χ0v) is 6.88. The van der Waals surface area contributed by atoms with Gasteiger partial charge in [0, 0.05) is 5.56 Å². The van der Waals surface area contributed by atoms with E-state index in [4.69, 9.17) is 0 Å². The van der Waals surface area contributed by atoms with Crippen LogP contribution >= 0.6 is 0 Å². The van der Waals surface area contributed by atoms with Crippen molar-refractivity contribution >= 4 is 0 Å². The van der Waals surface area contributed by atoms with Gasteiger partial charge < -0.3 is 0 Å². The number of alkyl halides is 5. The van der Waals surface area contributed by atoms with Crippen LogP contribution in [0.5, 0.6) is 0 Å². The van der Waals surface area contributed by atoms with Gasteiger partial charge in [0.2, 0.25) is 0 Å². The molecule has 7 heteroatoms. The first-order valence-electron chi connectivity index (χ1n) is 3.57. The van der Waals surface area contributed by atoms with E-state index in [0.717, 1.165) is 0 Å². The van der Waals surface area contributed by atoms with Crippen LogP contribution in [0.3, 0.4) is 0 Å². The fourth-order valence-corrected chi connectivity index (χ4v) is 0.990. The molecular formula is C8H3F7. The van der Waals surface area contributed by atoms with Gasteiger partial charge in [-0.15, -0.1) is 0 Å². The van der Waals surface area contributed by atoms with Gasteiger partial charge in [0.15, 0.2) is 0 Å². The van der Waals surface area contributed by atoms with Crippen LogP contribution in [0.25, 0.3) is 0 Å². The van der Waals surface area contributed by atoms with Crippen molar-refractivity contribution < 1.29 is 30.7 Å². The monoisotopic (exact) mass is 232 g/mol. The predicted octanol–water partition coefficient (Wildman–Crippen LogP) is 3.92. The molecule has 0 aliphatic heterocycles. The van der Waals surface area contributed by atoms with E-state index in [2.05, 4.69) is 0 Å². The van der Waals surface area contributed by atoms with Crippen molar-refractivity contribution in [3.05, 3.63) is 34.9 Å². The van der Waals surface area contributed by atoms with Crippen LogP contribution in [0.15, 0.2) is 12.1 Å². The number of rotatable bonds is 1. The lowest BCUT2D eigenvalue weighted by Gasteiger charge is -2.10. The lowest BCUT2D eigenvalue weighted by atomic mass is 10.1. The van der Waals surface area contributed by atoms with Gasteiger partial charge >= 0.3 is 6.18 Å².